The third-order valence-electron chi connectivity index (χ3n) is 3.72. The van der Waals surface area contributed by atoms with Crippen molar-refractivity contribution in [3.05, 3.63) is 63.0 Å². The molecule has 3 aromatic rings. The minimum absolute atomic E-state index is 0.00144. The molecule has 138 valence electrons. The van der Waals surface area contributed by atoms with Gasteiger partial charge in [-0.25, -0.2) is 4.98 Å². The fraction of sp³-hybridized carbons (Fsp3) is 0.111. The summed E-state index contributed by atoms with van der Waals surface area (Å²) in [7, 11) is 1.32. The number of nitro benzene ring substituents is 1. The van der Waals surface area contributed by atoms with E-state index in [4.69, 9.17) is 4.74 Å². The van der Waals surface area contributed by atoms with Crippen LogP contribution in [-0.4, -0.2) is 28.3 Å². The van der Waals surface area contributed by atoms with Crippen LogP contribution < -0.4 is 10.2 Å². The lowest BCUT2D eigenvalue weighted by Gasteiger charge is -2.04. The van der Waals surface area contributed by atoms with Crippen molar-refractivity contribution in [3.63, 3.8) is 0 Å². The zero-order valence-electron chi connectivity index (χ0n) is 14.5. The predicted octanol–water partition coefficient (Wildman–Crippen LogP) is 4.19. The fourth-order valence-corrected chi connectivity index (χ4v) is 3.00. The Hall–Kier alpha value is -3.46. The molecule has 2 N–H and O–H groups in total. The highest BCUT2D eigenvalue weighted by Gasteiger charge is 2.19. The number of aryl methyl sites for hydroxylation is 1. The summed E-state index contributed by atoms with van der Waals surface area (Å²) in [6, 6.07) is 10.7. The van der Waals surface area contributed by atoms with E-state index in [0.717, 1.165) is 11.3 Å². The van der Waals surface area contributed by atoms with Crippen molar-refractivity contribution in [2.45, 2.75) is 6.92 Å². The minimum atomic E-state index is -0.683. The van der Waals surface area contributed by atoms with Crippen LogP contribution in [-0.2, 0) is 0 Å². The zero-order valence-corrected chi connectivity index (χ0v) is 15.4. The van der Waals surface area contributed by atoms with Crippen LogP contribution in [0.2, 0.25) is 0 Å². The summed E-state index contributed by atoms with van der Waals surface area (Å²) in [5.74, 6) is -0.517. The van der Waals surface area contributed by atoms with Crippen molar-refractivity contribution in [3.8, 4) is 22.8 Å². The topological polar surface area (TPSA) is 110 Å². The number of hydrogen-bond acceptors (Lipinski definition) is 8. The highest BCUT2D eigenvalue weighted by atomic mass is 32.1. The first-order valence-electron chi connectivity index (χ1n) is 7.85. The maximum Gasteiger partial charge on any atom is 0.315 e. The van der Waals surface area contributed by atoms with Gasteiger partial charge in [0.2, 0.25) is 10.9 Å². The maximum absolute atomic E-state index is 11.0. The van der Waals surface area contributed by atoms with E-state index in [-0.39, 0.29) is 5.75 Å². The Morgan fingerprint density at radius 2 is 2.07 bits per heavy atom. The summed E-state index contributed by atoms with van der Waals surface area (Å²) in [5.41, 5.74) is 5.77. The quantitative estimate of drug-likeness (QED) is 0.375. The van der Waals surface area contributed by atoms with Gasteiger partial charge in [-0.2, -0.15) is 5.10 Å². The molecule has 0 saturated carbocycles. The Morgan fingerprint density at radius 3 is 2.74 bits per heavy atom. The predicted molar refractivity (Wildman–Crippen MR) is 105 cm³/mol. The number of aromatic nitrogens is 1. The number of thiazole rings is 1. The van der Waals surface area contributed by atoms with Crippen LogP contribution in [0.4, 0.5) is 10.8 Å². The van der Waals surface area contributed by atoms with Crippen LogP contribution in [0, 0.1) is 17.0 Å². The van der Waals surface area contributed by atoms with Gasteiger partial charge in [0.05, 0.1) is 23.9 Å². The molecule has 0 spiro atoms. The first-order valence-corrected chi connectivity index (χ1v) is 8.73. The number of benzene rings is 2. The molecule has 2 aromatic carbocycles. The lowest BCUT2D eigenvalue weighted by atomic mass is 10.1. The number of nitro groups is 1. The molecule has 0 fully saturated rings. The average molecular weight is 384 g/mol. The van der Waals surface area contributed by atoms with Gasteiger partial charge >= 0.3 is 5.69 Å². The Bertz CT molecular complexity index is 999. The number of methoxy groups -OCH3 is 1. The third kappa shape index (κ3) is 4.21. The van der Waals surface area contributed by atoms with E-state index in [0.29, 0.717) is 10.7 Å². The fourth-order valence-electron chi connectivity index (χ4n) is 2.33. The Labute approximate surface area is 158 Å². The first-order chi connectivity index (χ1) is 13.0. The molecular formula is C18H16N4O4S. The lowest BCUT2D eigenvalue weighted by molar-refractivity contribution is -0.386. The molecule has 1 heterocycles. The molecule has 3 rings (SSSR count). The number of hydrazone groups is 1. The molecule has 0 aliphatic heterocycles. The number of rotatable bonds is 6. The zero-order chi connectivity index (χ0) is 19.4. The van der Waals surface area contributed by atoms with Gasteiger partial charge in [0.15, 0.2) is 5.75 Å². The smallest absolute Gasteiger partial charge is 0.315 e. The Morgan fingerprint density at radius 1 is 1.33 bits per heavy atom. The number of nitrogens with zero attached hydrogens (tertiary/aromatic N) is 3. The number of phenols is 1. The van der Waals surface area contributed by atoms with Gasteiger partial charge in [-0.1, -0.05) is 29.8 Å². The first kappa shape index (κ1) is 18.3. The monoisotopic (exact) mass is 384 g/mol. The van der Waals surface area contributed by atoms with Gasteiger partial charge in [-0.3, -0.25) is 15.5 Å². The number of anilines is 1. The van der Waals surface area contributed by atoms with Gasteiger partial charge in [-0.15, -0.1) is 11.3 Å². The van der Waals surface area contributed by atoms with Gasteiger partial charge in [0, 0.05) is 22.6 Å². The molecule has 0 atom stereocenters. The van der Waals surface area contributed by atoms with Crippen molar-refractivity contribution in [2.75, 3.05) is 12.5 Å². The summed E-state index contributed by atoms with van der Waals surface area (Å²) in [6.45, 7) is 2.02. The van der Waals surface area contributed by atoms with Crippen LogP contribution in [0.1, 0.15) is 11.1 Å². The van der Waals surface area contributed by atoms with Crippen LogP contribution >= 0.6 is 11.3 Å². The molecule has 0 unspecified atom stereocenters. The minimum Gasteiger partial charge on any atom is -0.500 e. The maximum atomic E-state index is 11.0. The number of ether oxygens (including phenoxy) is 1. The van der Waals surface area contributed by atoms with Crippen molar-refractivity contribution >= 4 is 28.4 Å². The molecule has 27 heavy (non-hydrogen) atoms. The molecule has 0 aliphatic rings. The van der Waals surface area contributed by atoms with Crippen molar-refractivity contribution in [2.24, 2.45) is 5.10 Å². The second-order valence-electron chi connectivity index (χ2n) is 5.62. The molecule has 9 heteroatoms. The Kier molecular flexibility index (Phi) is 5.32. The average Bonchev–Trinajstić information content (AvgIpc) is 3.12. The van der Waals surface area contributed by atoms with Crippen LogP contribution in [0.25, 0.3) is 11.3 Å². The van der Waals surface area contributed by atoms with Gasteiger partial charge in [0.25, 0.3) is 0 Å². The van der Waals surface area contributed by atoms with Crippen molar-refractivity contribution in [1.82, 2.24) is 4.98 Å². The number of aromatic hydroxyl groups is 1. The van der Waals surface area contributed by atoms with Crippen LogP contribution in [0.5, 0.6) is 11.5 Å². The SMILES string of the molecule is COc1cc(/C=N\Nc2nc(-c3ccc(C)cc3)cs2)cc([N+](=O)[O-])c1O. The van der Waals surface area contributed by atoms with E-state index in [9.17, 15) is 15.2 Å². The van der Waals surface area contributed by atoms with Gasteiger partial charge < -0.3 is 9.84 Å². The molecular weight excluding hydrogens is 368 g/mol. The van der Waals surface area contributed by atoms with E-state index in [2.05, 4.69) is 15.5 Å². The van der Waals surface area contributed by atoms with Gasteiger partial charge in [0.1, 0.15) is 0 Å². The number of nitrogens with one attached hydrogen (secondary N) is 1. The molecule has 0 saturated heterocycles. The highest BCUT2D eigenvalue weighted by molar-refractivity contribution is 7.14. The summed E-state index contributed by atoms with van der Waals surface area (Å²) in [5, 5.41) is 27.3. The van der Waals surface area contributed by atoms with Crippen LogP contribution in [0.15, 0.2) is 46.9 Å². The second-order valence-corrected chi connectivity index (χ2v) is 6.48. The van der Waals surface area contributed by atoms with Crippen LogP contribution in [0.3, 0.4) is 0 Å². The molecule has 8 nitrogen and oxygen atoms in total. The normalized spacial score (nSPS) is 10.9. The Balaban J connectivity index is 1.75. The van der Waals surface area contributed by atoms with Crippen molar-refractivity contribution < 1.29 is 14.8 Å². The summed E-state index contributed by atoms with van der Waals surface area (Å²) < 4.78 is 4.95. The highest BCUT2D eigenvalue weighted by Crippen LogP contribution is 2.36. The largest absolute Gasteiger partial charge is 0.500 e. The van der Waals surface area contributed by atoms with E-state index >= 15 is 0 Å². The molecule has 0 amide bonds. The molecule has 1 aromatic heterocycles. The third-order valence-corrected chi connectivity index (χ3v) is 4.47. The molecule has 0 bridgehead atoms. The molecule has 0 radical (unpaired) electrons. The van der Waals surface area contributed by atoms with Crippen molar-refractivity contribution in [1.29, 1.82) is 0 Å². The number of hydrogen-bond donors (Lipinski definition) is 2. The summed E-state index contributed by atoms with van der Waals surface area (Å²) in [6.07, 6.45) is 1.39. The summed E-state index contributed by atoms with van der Waals surface area (Å²) in [4.78, 5) is 14.8. The molecule has 0 aliphatic carbocycles. The van der Waals surface area contributed by atoms with E-state index in [1.807, 2.05) is 36.6 Å². The number of phenolic OH excluding ortho intramolecular Hbond substituents is 1. The van der Waals surface area contributed by atoms with E-state index < -0.39 is 16.4 Å². The standard InChI is InChI=1S/C18H16N4O4S/c1-11-3-5-13(6-4-11)14-10-27-18(20-14)21-19-9-12-7-15(22(24)25)17(23)16(8-12)26-2/h3-10,23H,1-2H3,(H,20,21)/b19-9-. The van der Waals surface area contributed by atoms with E-state index in [1.165, 1.54) is 42.4 Å². The summed E-state index contributed by atoms with van der Waals surface area (Å²) >= 11 is 1.39. The van der Waals surface area contributed by atoms with Gasteiger partial charge in [-0.05, 0) is 13.0 Å². The van der Waals surface area contributed by atoms with E-state index in [1.54, 1.807) is 0 Å². The lowest BCUT2D eigenvalue weighted by Crippen LogP contribution is -1.96. The second kappa shape index (κ2) is 7.83.